The second-order valence-electron chi connectivity index (χ2n) is 25.9. The van der Waals surface area contributed by atoms with Crippen LogP contribution in [0, 0.1) is 0 Å². The van der Waals surface area contributed by atoms with Crippen LogP contribution in [0.4, 0.5) is 0 Å². The lowest BCUT2D eigenvalue weighted by Crippen LogP contribution is -2.30. The average Bonchev–Trinajstić information content (AvgIpc) is 3.12. The summed E-state index contributed by atoms with van der Waals surface area (Å²) in [6.07, 6.45) is 67.8. The highest BCUT2D eigenvalue weighted by Gasteiger charge is 2.30. The van der Waals surface area contributed by atoms with Crippen molar-refractivity contribution in [3.8, 4) is 0 Å². The molecule has 0 radical (unpaired) electrons. The fourth-order valence-electron chi connectivity index (χ4n) is 10.6. The summed E-state index contributed by atoms with van der Waals surface area (Å²) in [7, 11) is -9.94. The Morgan fingerprint density at radius 1 is 0.302 bits per heavy atom. The third kappa shape index (κ3) is 69.2. The van der Waals surface area contributed by atoms with Crippen molar-refractivity contribution in [1.82, 2.24) is 0 Å². The Bertz CT molecular complexity index is 2060. The lowest BCUT2D eigenvalue weighted by Gasteiger charge is -2.21. The third-order valence-electron chi connectivity index (χ3n) is 16.5. The standard InChI is InChI=1S/C77H140O17P2/c1-5-9-13-17-21-25-29-33-34-35-36-40-42-46-50-54-58-62-75(80)88-68-73(94-77(82)64-60-56-52-48-44-39-32-28-24-20-16-12-8-4)70-92-96(85,86)90-66-71(78)65-89-95(83,84)91-69-72(93-76(81)63-59-55-51-47-43-38-31-27-23-19-15-11-7-3)67-87-74(79)61-57-53-49-45-41-37-30-26-22-18-14-10-6-2/h9,13,21,25-26,30,33-34,36,40,71-73,78H,5-8,10-12,14-20,22-24,27-29,31-32,35,37-39,41-70H2,1-4H3,(H,83,84)(H,85,86)/b13-9-,25-21-,30-26-,34-33-,40-36-. The number of ether oxygens (including phenoxy) is 4. The van der Waals surface area contributed by atoms with Gasteiger partial charge in [0.25, 0.3) is 0 Å². The van der Waals surface area contributed by atoms with E-state index in [1.807, 2.05) is 0 Å². The predicted octanol–water partition coefficient (Wildman–Crippen LogP) is 21.9. The molecule has 0 saturated heterocycles. The van der Waals surface area contributed by atoms with E-state index < -0.39 is 97.5 Å². The van der Waals surface area contributed by atoms with Gasteiger partial charge in [-0.05, 0) is 89.9 Å². The lowest BCUT2D eigenvalue weighted by atomic mass is 10.0. The van der Waals surface area contributed by atoms with E-state index in [4.69, 9.17) is 37.0 Å². The summed E-state index contributed by atoms with van der Waals surface area (Å²) < 4.78 is 68.5. The number of unbranched alkanes of at least 4 members (excludes halogenated alkanes) is 37. The Kier molecular flexibility index (Phi) is 67.8. The van der Waals surface area contributed by atoms with E-state index in [1.165, 1.54) is 128 Å². The maximum atomic E-state index is 13.1. The van der Waals surface area contributed by atoms with Crippen LogP contribution in [0.5, 0.6) is 0 Å². The van der Waals surface area contributed by atoms with Gasteiger partial charge in [-0.3, -0.25) is 37.3 Å². The molecular formula is C77H140O17P2. The molecule has 0 fully saturated rings. The molecule has 0 aromatic rings. The molecule has 0 rings (SSSR count). The molecule has 0 aliphatic heterocycles. The Morgan fingerprint density at radius 3 is 0.854 bits per heavy atom. The summed E-state index contributed by atoms with van der Waals surface area (Å²) in [5.74, 6) is -2.18. The largest absolute Gasteiger partial charge is 0.472 e. The fourth-order valence-corrected chi connectivity index (χ4v) is 12.2. The van der Waals surface area contributed by atoms with Crippen molar-refractivity contribution in [3.05, 3.63) is 60.8 Å². The van der Waals surface area contributed by atoms with Gasteiger partial charge < -0.3 is 33.8 Å². The van der Waals surface area contributed by atoms with Crippen LogP contribution in [0.25, 0.3) is 0 Å². The molecule has 5 unspecified atom stereocenters. The molecule has 0 aliphatic carbocycles. The molecule has 3 N–H and O–H groups in total. The van der Waals surface area contributed by atoms with Gasteiger partial charge in [0, 0.05) is 25.7 Å². The monoisotopic (exact) mass is 1400 g/mol. The van der Waals surface area contributed by atoms with Gasteiger partial charge >= 0.3 is 39.5 Å². The van der Waals surface area contributed by atoms with Crippen molar-refractivity contribution in [2.24, 2.45) is 0 Å². The van der Waals surface area contributed by atoms with Crippen LogP contribution in [-0.4, -0.2) is 96.7 Å². The zero-order chi connectivity index (χ0) is 70.4. The topological polar surface area (TPSA) is 237 Å². The number of esters is 4. The molecule has 17 nitrogen and oxygen atoms in total. The highest BCUT2D eigenvalue weighted by Crippen LogP contribution is 2.45. The van der Waals surface area contributed by atoms with E-state index in [0.717, 1.165) is 141 Å². The number of hydrogen-bond acceptors (Lipinski definition) is 15. The summed E-state index contributed by atoms with van der Waals surface area (Å²) in [6, 6.07) is 0. The van der Waals surface area contributed by atoms with Gasteiger partial charge in [0.2, 0.25) is 0 Å². The maximum Gasteiger partial charge on any atom is 0.472 e. The van der Waals surface area contributed by atoms with Crippen molar-refractivity contribution >= 4 is 39.5 Å². The van der Waals surface area contributed by atoms with E-state index in [-0.39, 0.29) is 25.7 Å². The molecule has 0 aliphatic rings. The first-order chi connectivity index (χ1) is 46.7. The van der Waals surface area contributed by atoms with Gasteiger partial charge in [-0.2, -0.15) is 0 Å². The first kappa shape index (κ1) is 92.8. The van der Waals surface area contributed by atoms with Crippen LogP contribution in [0.2, 0.25) is 0 Å². The maximum absolute atomic E-state index is 13.1. The normalized spacial score (nSPS) is 14.3. The summed E-state index contributed by atoms with van der Waals surface area (Å²) in [6.45, 7) is 4.77. The van der Waals surface area contributed by atoms with E-state index in [0.29, 0.717) is 25.7 Å². The number of allylic oxidation sites excluding steroid dienone is 10. The molecule has 0 spiro atoms. The molecule has 0 saturated carbocycles. The van der Waals surface area contributed by atoms with Crippen molar-refractivity contribution in [2.75, 3.05) is 39.6 Å². The van der Waals surface area contributed by atoms with Gasteiger partial charge in [-0.1, -0.05) is 294 Å². The number of carbonyl (C=O) groups excluding carboxylic acids is 4. The molecule has 0 aromatic heterocycles. The number of aliphatic hydroxyl groups is 1. The van der Waals surface area contributed by atoms with Crippen LogP contribution >= 0.6 is 15.6 Å². The summed E-state index contributed by atoms with van der Waals surface area (Å²) in [4.78, 5) is 72.8. The number of phosphoric ester groups is 2. The molecule has 0 bridgehead atoms. The second-order valence-corrected chi connectivity index (χ2v) is 28.8. The van der Waals surface area contributed by atoms with Crippen molar-refractivity contribution in [2.45, 2.75) is 367 Å². The Morgan fingerprint density at radius 2 is 0.542 bits per heavy atom. The molecule has 0 heterocycles. The van der Waals surface area contributed by atoms with Gasteiger partial charge in [-0.25, -0.2) is 9.13 Å². The zero-order valence-electron chi connectivity index (χ0n) is 61.1. The first-order valence-corrected chi connectivity index (χ1v) is 41.5. The molecular weight excluding hydrogens is 1260 g/mol. The number of phosphoric acid groups is 2. The molecule has 0 aromatic carbocycles. The summed E-state index contributed by atoms with van der Waals surface area (Å²) in [5.41, 5.74) is 0. The minimum Gasteiger partial charge on any atom is -0.462 e. The van der Waals surface area contributed by atoms with Crippen LogP contribution in [-0.2, 0) is 65.4 Å². The minimum atomic E-state index is -4.97. The van der Waals surface area contributed by atoms with Crippen LogP contribution in [0.1, 0.15) is 349 Å². The molecule has 96 heavy (non-hydrogen) atoms. The lowest BCUT2D eigenvalue weighted by molar-refractivity contribution is -0.161. The van der Waals surface area contributed by atoms with E-state index in [1.54, 1.807) is 0 Å². The fraction of sp³-hybridized carbons (Fsp3) is 0.818. The third-order valence-corrected chi connectivity index (χ3v) is 18.4. The zero-order valence-corrected chi connectivity index (χ0v) is 62.8. The SMILES string of the molecule is CC/C=C\C/C=C\C/C=C\C/C=C\CCCCCCC(=O)OCC(COP(=O)(O)OCC(O)COP(=O)(O)OCC(COC(=O)CCCCCCC/C=C\CCCCCC)OC(=O)CCCCCCCCCCCCCCC)OC(=O)CCCCCCCCCCCCCCC. The van der Waals surface area contributed by atoms with E-state index in [9.17, 15) is 43.2 Å². The van der Waals surface area contributed by atoms with Crippen LogP contribution < -0.4 is 0 Å². The minimum absolute atomic E-state index is 0.0953. The van der Waals surface area contributed by atoms with Gasteiger partial charge in [-0.15, -0.1) is 0 Å². The molecule has 19 heteroatoms. The Balaban J connectivity index is 5.32. The van der Waals surface area contributed by atoms with E-state index >= 15 is 0 Å². The number of hydrogen-bond donors (Lipinski definition) is 3. The van der Waals surface area contributed by atoms with Gasteiger partial charge in [0.1, 0.15) is 19.3 Å². The van der Waals surface area contributed by atoms with Gasteiger partial charge in [0.15, 0.2) is 12.2 Å². The Labute approximate surface area is 584 Å². The van der Waals surface area contributed by atoms with Gasteiger partial charge in [0.05, 0.1) is 26.4 Å². The molecule has 5 atom stereocenters. The summed E-state index contributed by atoms with van der Waals surface area (Å²) in [5, 5.41) is 10.6. The second kappa shape index (κ2) is 70.2. The number of rotatable bonds is 73. The Hall–Kier alpha value is -3.24. The van der Waals surface area contributed by atoms with Crippen molar-refractivity contribution in [3.63, 3.8) is 0 Å². The predicted molar refractivity (Wildman–Crippen MR) is 390 cm³/mol. The van der Waals surface area contributed by atoms with Crippen molar-refractivity contribution in [1.29, 1.82) is 0 Å². The number of aliphatic hydroxyl groups excluding tert-OH is 1. The first-order valence-electron chi connectivity index (χ1n) is 38.5. The molecule has 0 amide bonds. The highest BCUT2D eigenvalue weighted by atomic mass is 31.2. The quantitative estimate of drug-likeness (QED) is 0.0169. The highest BCUT2D eigenvalue weighted by molar-refractivity contribution is 7.47. The number of carbonyl (C=O) groups is 4. The van der Waals surface area contributed by atoms with Crippen LogP contribution in [0.15, 0.2) is 60.8 Å². The smallest absolute Gasteiger partial charge is 0.462 e. The summed E-state index contributed by atoms with van der Waals surface area (Å²) >= 11 is 0. The van der Waals surface area contributed by atoms with Crippen molar-refractivity contribution < 1.29 is 80.2 Å². The van der Waals surface area contributed by atoms with E-state index in [2.05, 4.69) is 88.5 Å². The average molecular weight is 1400 g/mol. The van der Waals surface area contributed by atoms with Crippen LogP contribution in [0.3, 0.4) is 0 Å². The molecule has 560 valence electrons.